The first-order valence-corrected chi connectivity index (χ1v) is 19.7. The minimum atomic E-state index is 0.584. The summed E-state index contributed by atoms with van der Waals surface area (Å²) in [6.45, 7) is 0. The highest BCUT2D eigenvalue weighted by Crippen LogP contribution is 2.45. The Hall–Kier alpha value is -8.16. The Morgan fingerprint density at radius 2 is 1.07 bits per heavy atom. The molecular formula is C52H30N6O. The van der Waals surface area contributed by atoms with Gasteiger partial charge in [0.15, 0.2) is 17.5 Å². The van der Waals surface area contributed by atoms with Crippen molar-refractivity contribution in [2.75, 3.05) is 0 Å². The first kappa shape index (κ1) is 32.0. The van der Waals surface area contributed by atoms with Gasteiger partial charge in [0.25, 0.3) is 0 Å². The number of hydrogen-bond donors (Lipinski definition) is 0. The zero-order chi connectivity index (χ0) is 38.6. The molecule has 13 aromatic rings. The van der Waals surface area contributed by atoms with E-state index in [9.17, 15) is 0 Å². The lowest BCUT2D eigenvalue weighted by atomic mass is 9.96. The topological polar surface area (TPSA) is 74.0 Å². The third-order valence-electron chi connectivity index (χ3n) is 11.7. The molecule has 0 N–H and O–H groups in total. The fraction of sp³-hybridized carbons (Fsp3) is 0. The van der Waals surface area contributed by atoms with E-state index in [0.717, 1.165) is 77.4 Å². The van der Waals surface area contributed by atoms with E-state index >= 15 is 0 Å². The predicted octanol–water partition coefficient (Wildman–Crippen LogP) is 13.0. The highest BCUT2D eigenvalue weighted by atomic mass is 16.3. The van der Waals surface area contributed by atoms with Crippen LogP contribution < -0.4 is 0 Å². The lowest BCUT2D eigenvalue weighted by Crippen LogP contribution is -2.00. The summed E-state index contributed by atoms with van der Waals surface area (Å²) in [6, 6.07) is 61.1. The molecule has 0 amide bonds. The van der Waals surface area contributed by atoms with Gasteiger partial charge in [0, 0.05) is 55.5 Å². The van der Waals surface area contributed by atoms with Crippen molar-refractivity contribution in [1.29, 1.82) is 0 Å². The highest BCUT2D eigenvalue weighted by molar-refractivity contribution is 6.33. The minimum absolute atomic E-state index is 0.584. The van der Waals surface area contributed by atoms with Crippen molar-refractivity contribution >= 4 is 82.0 Å². The Bertz CT molecular complexity index is 3790. The van der Waals surface area contributed by atoms with E-state index in [1.807, 2.05) is 78.9 Å². The van der Waals surface area contributed by atoms with Crippen molar-refractivity contribution in [2.45, 2.75) is 0 Å². The predicted molar refractivity (Wildman–Crippen MR) is 239 cm³/mol. The van der Waals surface area contributed by atoms with Crippen LogP contribution in [0.15, 0.2) is 187 Å². The molecule has 274 valence electrons. The van der Waals surface area contributed by atoms with Gasteiger partial charge in [-0.05, 0) is 64.7 Å². The Labute approximate surface area is 336 Å². The summed E-state index contributed by atoms with van der Waals surface area (Å²) in [5.74, 6) is 1.81. The Morgan fingerprint density at radius 1 is 0.407 bits per heavy atom. The second-order valence-electron chi connectivity index (χ2n) is 15.0. The number of rotatable bonds is 4. The molecule has 0 saturated heterocycles. The monoisotopic (exact) mass is 754 g/mol. The zero-order valence-corrected chi connectivity index (χ0v) is 31.4. The molecule has 5 aromatic heterocycles. The van der Waals surface area contributed by atoms with Gasteiger partial charge in [0.2, 0.25) is 0 Å². The maximum Gasteiger partial charge on any atom is 0.164 e. The number of nitrogens with zero attached hydrogens (tertiary/aromatic N) is 6. The van der Waals surface area contributed by atoms with Crippen LogP contribution in [0.25, 0.3) is 122 Å². The number of hydrogen-bond acceptors (Lipinski definition) is 5. The van der Waals surface area contributed by atoms with Gasteiger partial charge in [0.05, 0.1) is 22.1 Å². The van der Waals surface area contributed by atoms with Gasteiger partial charge in [-0.15, -0.1) is 0 Å². The molecule has 5 heterocycles. The van der Waals surface area contributed by atoms with Crippen LogP contribution in [0.3, 0.4) is 0 Å². The number of furan rings is 1. The van der Waals surface area contributed by atoms with Crippen LogP contribution in [0.4, 0.5) is 0 Å². The van der Waals surface area contributed by atoms with Crippen LogP contribution >= 0.6 is 0 Å². The Morgan fingerprint density at radius 3 is 1.83 bits per heavy atom. The maximum absolute atomic E-state index is 6.62. The standard InChI is InChI=1S/C52H30N6O/c1-3-14-31(15-4-1)50-54-51(32-16-5-2-6-17-32)56-52(55-50)38-22-13-23-45-47(38)40-28-33(25-26-44(40)59-45)58-42-30-43-41(53-46-24-11-12-27-57(43)46)29-39(42)48-36-20-9-7-18-34(36)35-19-8-10-21-37(35)49(48)58/h1-30H. The molecule has 0 atom stereocenters. The largest absolute Gasteiger partial charge is 0.456 e. The first-order valence-electron chi connectivity index (χ1n) is 19.7. The average Bonchev–Trinajstić information content (AvgIpc) is 3.98. The molecule has 7 heteroatoms. The lowest BCUT2D eigenvalue weighted by molar-refractivity contribution is 0.669. The normalized spacial score (nSPS) is 12.1. The number of pyridine rings is 1. The molecule has 8 aromatic carbocycles. The van der Waals surface area contributed by atoms with E-state index in [-0.39, 0.29) is 0 Å². The third kappa shape index (κ3) is 4.70. The molecule has 0 radical (unpaired) electrons. The van der Waals surface area contributed by atoms with Crippen LogP contribution in [0.5, 0.6) is 0 Å². The molecule has 0 aliphatic carbocycles. The summed E-state index contributed by atoms with van der Waals surface area (Å²) in [7, 11) is 0. The molecule has 0 fully saturated rings. The molecule has 0 bridgehead atoms. The van der Waals surface area contributed by atoms with Crippen LogP contribution in [-0.4, -0.2) is 28.9 Å². The van der Waals surface area contributed by atoms with E-state index in [4.69, 9.17) is 24.4 Å². The Kier molecular flexibility index (Phi) is 6.60. The fourth-order valence-electron chi connectivity index (χ4n) is 9.17. The van der Waals surface area contributed by atoms with Crippen molar-refractivity contribution in [3.8, 4) is 39.9 Å². The molecule has 0 aliphatic rings. The van der Waals surface area contributed by atoms with Gasteiger partial charge in [-0.1, -0.05) is 127 Å². The van der Waals surface area contributed by atoms with Gasteiger partial charge in [-0.25, -0.2) is 19.9 Å². The van der Waals surface area contributed by atoms with Gasteiger partial charge in [-0.3, -0.25) is 4.40 Å². The van der Waals surface area contributed by atoms with Crippen molar-refractivity contribution in [3.05, 3.63) is 182 Å². The van der Waals surface area contributed by atoms with Crippen LogP contribution in [0.2, 0.25) is 0 Å². The molecule has 0 spiro atoms. The lowest BCUT2D eigenvalue weighted by Gasteiger charge is -2.12. The van der Waals surface area contributed by atoms with Crippen molar-refractivity contribution < 1.29 is 4.42 Å². The molecule has 13 rings (SSSR count). The molecule has 0 aliphatic heterocycles. The van der Waals surface area contributed by atoms with Gasteiger partial charge in [-0.2, -0.15) is 0 Å². The number of aromatic nitrogens is 6. The minimum Gasteiger partial charge on any atom is -0.456 e. The molecule has 0 saturated carbocycles. The molecule has 59 heavy (non-hydrogen) atoms. The van der Waals surface area contributed by atoms with Crippen molar-refractivity contribution in [1.82, 2.24) is 28.9 Å². The average molecular weight is 755 g/mol. The Balaban J connectivity index is 1.13. The molecule has 7 nitrogen and oxygen atoms in total. The van der Waals surface area contributed by atoms with E-state index in [1.54, 1.807) is 0 Å². The van der Waals surface area contributed by atoms with Gasteiger partial charge in [0.1, 0.15) is 16.8 Å². The zero-order valence-electron chi connectivity index (χ0n) is 31.4. The van der Waals surface area contributed by atoms with E-state index in [1.165, 1.54) is 26.9 Å². The number of benzene rings is 8. The van der Waals surface area contributed by atoms with Gasteiger partial charge >= 0.3 is 0 Å². The maximum atomic E-state index is 6.62. The van der Waals surface area contributed by atoms with Crippen molar-refractivity contribution in [3.63, 3.8) is 0 Å². The SMILES string of the molecule is c1ccc(-c2nc(-c3ccccc3)nc(-c3cccc4oc5ccc(-n6c7cc8c(cc7c7c9ccccc9c9ccccc9c76)nc6ccccn68)cc5c34)n2)cc1. The number of fused-ring (bicyclic) bond motifs is 14. The first-order chi connectivity index (χ1) is 29.2. The summed E-state index contributed by atoms with van der Waals surface area (Å²) in [4.78, 5) is 20.3. The second kappa shape index (κ2) is 12.2. The quantitative estimate of drug-likeness (QED) is 0.167. The van der Waals surface area contributed by atoms with Crippen LogP contribution in [0.1, 0.15) is 0 Å². The van der Waals surface area contributed by atoms with Crippen molar-refractivity contribution in [2.24, 2.45) is 0 Å². The summed E-state index contributed by atoms with van der Waals surface area (Å²) >= 11 is 0. The summed E-state index contributed by atoms with van der Waals surface area (Å²) < 4.78 is 11.2. The third-order valence-corrected chi connectivity index (χ3v) is 11.7. The van der Waals surface area contributed by atoms with Gasteiger partial charge < -0.3 is 8.98 Å². The van der Waals surface area contributed by atoms with E-state index < -0.39 is 0 Å². The summed E-state index contributed by atoms with van der Waals surface area (Å²) in [5, 5.41) is 9.14. The number of imidazole rings is 1. The highest BCUT2D eigenvalue weighted by Gasteiger charge is 2.23. The van der Waals surface area contributed by atoms with Crippen LogP contribution in [0, 0.1) is 0 Å². The molecule has 0 unspecified atom stereocenters. The fourth-order valence-corrected chi connectivity index (χ4v) is 9.17. The summed E-state index contributed by atoms with van der Waals surface area (Å²) in [5.41, 5.74) is 10.5. The molecular weight excluding hydrogens is 725 g/mol. The summed E-state index contributed by atoms with van der Waals surface area (Å²) in [6.07, 6.45) is 2.09. The second-order valence-corrected chi connectivity index (χ2v) is 15.0. The van der Waals surface area contributed by atoms with Crippen LogP contribution in [-0.2, 0) is 0 Å². The van der Waals surface area contributed by atoms with E-state index in [0.29, 0.717) is 17.5 Å². The van der Waals surface area contributed by atoms with E-state index in [2.05, 4.69) is 112 Å². The smallest absolute Gasteiger partial charge is 0.164 e.